The number of rotatable bonds is 6. The molecule has 1 aliphatic carbocycles. The summed E-state index contributed by atoms with van der Waals surface area (Å²) < 4.78 is 29.4. The monoisotopic (exact) mass is 446 g/mol. The van der Waals surface area contributed by atoms with Crippen molar-refractivity contribution in [1.29, 1.82) is 0 Å². The molecule has 0 bridgehead atoms. The van der Waals surface area contributed by atoms with Gasteiger partial charge in [-0.3, -0.25) is 9.59 Å². The first-order chi connectivity index (χ1) is 14.4. The zero-order valence-electron chi connectivity index (χ0n) is 18.6. The van der Waals surface area contributed by atoms with Gasteiger partial charge in [0, 0.05) is 17.7 Å². The van der Waals surface area contributed by atoms with Crippen molar-refractivity contribution in [1.82, 2.24) is 0 Å². The SMILES string of the molecule is CC(=O)c1cc2cc(CC(=O)C3CCC(CS(=O)(=O)C(C)(C)C)CC3)ccc2oc1=O. The van der Waals surface area contributed by atoms with Crippen molar-refractivity contribution in [3.05, 3.63) is 45.8 Å². The molecule has 0 atom stereocenters. The third-order valence-corrected chi connectivity index (χ3v) is 9.02. The maximum atomic E-state index is 12.8. The molecule has 0 aliphatic heterocycles. The zero-order valence-corrected chi connectivity index (χ0v) is 19.4. The van der Waals surface area contributed by atoms with Gasteiger partial charge in [-0.05, 0) is 83.1 Å². The summed E-state index contributed by atoms with van der Waals surface area (Å²) in [5.41, 5.74) is 0.526. The van der Waals surface area contributed by atoms with Crippen molar-refractivity contribution < 1.29 is 22.4 Å². The van der Waals surface area contributed by atoms with Crippen LogP contribution in [0.5, 0.6) is 0 Å². The van der Waals surface area contributed by atoms with Crippen LogP contribution in [0.15, 0.2) is 33.5 Å². The molecular weight excluding hydrogens is 416 g/mol. The summed E-state index contributed by atoms with van der Waals surface area (Å²) in [5, 5.41) is 0.617. The topological polar surface area (TPSA) is 98.5 Å². The van der Waals surface area contributed by atoms with Crippen LogP contribution in [0.4, 0.5) is 0 Å². The van der Waals surface area contributed by atoms with E-state index in [0.29, 0.717) is 23.8 Å². The number of benzene rings is 1. The molecule has 1 heterocycles. The molecule has 168 valence electrons. The molecule has 0 radical (unpaired) electrons. The molecule has 1 aliphatic rings. The quantitative estimate of drug-likeness (QED) is 0.489. The van der Waals surface area contributed by atoms with E-state index in [9.17, 15) is 22.8 Å². The van der Waals surface area contributed by atoms with Crippen LogP contribution in [0.1, 0.15) is 69.3 Å². The van der Waals surface area contributed by atoms with Crippen molar-refractivity contribution in [2.45, 2.75) is 64.5 Å². The van der Waals surface area contributed by atoms with E-state index in [2.05, 4.69) is 0 Å². The molecule has 6 nitrogen and oxygen atoms in total. The van der Waals surface area contributed by atoms with Crippen LogP contribution in [0.2, 0.25) is 0 Å². The van der Waals surface area contributed by atoms with Crippen LogP contribution in [0.25, 0.3) is 11.0 Å². The van der Waals surface area contributed by atoms with Gasteiger partial charge in [0.1, 0.15) is 16.9 Å². The van der Waals surface area contributed by atoms with E-state index in [1.165, 1.54) is 13.0 Å². The Bertz CT molecular complexity index is 1160. The summed E-state index contributed by atoms with van der Waals surface area (Å²) in [7, 11) is -3.16. The van der Waals surface area contributed by atoms with Gasteiger partial charge < -0.3 is 4.42 Å². The highest BCUT2D eigenvalue weighted by molar-refractivity contribution is 7.92. The first kappa shape index (κ1) is 23.4. The maximum absolute atomic E-state index is 12.8. The van der Waals surface area contributed by atoms with Gasteiger partial charge in [0.15, 0.2) is 15.6 Å². The minimum absolute atomic E-state index is 0.000456. The molecule has 2 aromatic rings. The predicted octanol–water partition coefficient (Wildman–Crippen LogP) is 4.13. The number of carbonyl (C=O) groups is 2. The summed E-state index contributed by atoms with van der Waals surface area (Å²) >= 11 is 0. The zero-order chi connectivity index (χ0) is 23.0. The molecule has 1 saturated carbocycles. The minimum atomic E-state index is -3.16. The van der Waals surface area contributed by atoms with Gasteiger partial charge >= 0.3 is 5.63 Å². The lowest BCUT2D eigenvalue weighted by Gasteiger charge is -2.30. The summed E-state index contributed by atoms with van der Waals surface area (Å²) in [5.74, 6) is 0.0156. The molecule has 0 amide bonds. The third kappa shape index (κ3) is 5.32. The molecule has 0 spiro atoms. The second-order valence-corrected chi connectivity index (χ2v) is 12.4. The van der Waals surface area contributed by atoms with E-state index < -0.39 is 20.2 Å². The minimum Gasteiger partial charge on any atom is -0.422 e. The smallest absolute Gasteiger partial charge is 0.347 e. The van der Waals surface area contributed by atoms with Crippen molar-refractivity contribution >= 4 is 32.4 Å². The van der Waals surface area contributed by atoms with Crippen LogP contribution in [-0.2, 0) is 21.1 Å². The summed E-state index contributed by atoms with van der Waals surface area (Å²) in [6.45, 7) is 6.50. The Labute approximate surface area is 182 Å². The van der Waals surface area contributed by atoms with E-state index in [0.717, 1.165) is 18.4 Å². The van der Waals surface area contributed by atoms with Gasteiger partial charge in [0.2, 0.25) is 0 Å². The normalized spacial score (nSPS) is 20.0. The molecule has 1 fully saturated rings. The van der Waals surface area contributed by atoms with Crippen molar-refractivity contribution in [3.8, 4) is 0 Å². The van der Waals surface area contributed by atoms with Crippen LogP contribution < -0.4 is 5.63 Å². The van der Waals surface area contributed by atoms with E-state index >= 15 is 0 Å². The number of fused-ring (bicyclic) bond motifs is 1. The van der Waals surface area contributed by atoms with E-state index in [1.54, 1.807) is 39.0 Å². The Morgan fingerprint density at radius 3 is 2.29 bits per heavy atom. The van der Waals surface area contributed by atoms with Gasteiger partial charge in [-0.2, -0.15) is 0 Å². The molecule has 0 unspecified atom stereocenters. The summed E-state index contributed by atoms with van der Waals surface area (Å²) in [6.07, 6.45) is 3.17. The highest BCUT2D eigenvalue weighted by atomic mass is 32.2. The van der Waals surface area contributed by atoms with Crippen LogP contribution >= 0.6 is 0 Å². The number of sulfone groups is 1. The van der Waals surface area contributed by atoms with Crippen LogP contribution in [-0.4, -0.2) is 30.5 Å². The van der Waals surface area contributed by atoms with Gasteiger partial charge in [-0.15, -0.1) is 0 Å². The Morgan fingerprint density at radius 2 is 1.71 bits per heavy atom. The average molecular weight is 447 g/mol. The number of ketones is 2. The first-order valence-electron chi connectivity index (χ1n) is 10.7. The third-order valence-electron chi connectivity index (χ3n) is 6.24. The van der Waals surface area contributed by atoms with E-state index in [-0.39, 0.29) is 41.1 Å². The van der Waals surface area contributed by atoms with Crippen molar-refractivity contribution in [2.75, 3.05) is 5.75 Å². The molecular formula is C24H30O6S. The lowest BCUT2D eigenvalue weighted by molar-refractivity contribution is -0.123. The summed E-state index contributed by atoms with van der Waals surface area (Å²) in [6, 6.07) is 6.71. The first-order valence-corrected chi connectivity index (χ1v) is 12.4. The molecule has 3 rings (SSSR count). The largest absolute Gasteiger partial charge is 0.422 e. The molecule has 31 heavy (non-hydrogen) atoms. The van der Waals surface area contributed by atoms with Crippen LogP contribution in [0.3, 0.4) is 0 Å². The predicted molar refractivity (Wildman–Crippen MR) is 120 cm³/mol. The second-order valence-electron chi connectivity index (χ2n) is 9.63. The fraction of sp³-hybridized carbons (Fsp3) is 0.542. The van der Waals surface area contributed by atoms with Crippen LogP contribution in [0, 0.1) is 11.8 Å². The maximum Gasteiger partial charge on any atom is 0.347 e. The van der Waals surface area contributed by atoms with Crippen molar-refractivity contribution in [2.24, 2.45) is 11.8 Å². The summed E-state index contributed by atoms with van der Waals surface area (Å²) in [4.78, 5) is 36.3. The fourth-order valence-corrected chi connectivity index (χ4v) is 5.54. The number of hydrogen-bond acceptors (Lipinski definition) is 6. The molecule has 1 aromatic carbocycles. The number of hydrogen-bond donors (Lipinski definition) is 0. The highest BCUT2D eigenvalue weighted by Gasteiger charge is 2.34. The van der Waals surface area contributed by atoms with E-state index in [1.807, 2.05) is 0 Å². The highest BCUT2D eigenvalue weighted by Crippen LogP contribution is 2.33. The molecule has 0 N–H and O–H groups in total. The van der Waals surface area contributed by atoms with E-state index in [4.69, 9.17) is 4.42 Å². The van der Waals surface area contributed by atoms with Gasteiger partial charge in [0.25, 0.3) is 0 Å². The second kappa shape index (κ2) is 8.69. The molecule has 1 aromatic heterocycles. The molecule has 7 heteroatoms. The molecule has 0 saturated heterocycles. The Balaban J connectivity index is 1.65. The fourth-order valence-electron chi connectivity index (χ4n) is 4.09. The van der Waals surface area contributed by atoms with Gasteiger partial charge in [-0.25, -0.2) is 13.2 Å². The number of Topliss-reactive ketones (excluding diaryl/α,β-unsaturated/α-hetero) is 2. The average Bonchev–Trinajstić information content (AvgIpc) is 2.66. The Hall–Kier alpha value is -2.28. The Kier molecular flexibility index (Phi) is 6.56. The lowest BCUT2D eigenvalue weighted by Crippen LogP contribution is -2.35. The Morgan fingerprint density at radius 1 is 1.06 bits per heavy atom. The number of carbonyl (C=O) groups excluding carboxylic acids is 2. The lowest BCUT2D eigenvalue weighted by atomic mass is 9.79. The standard InChI is InChI=1S/C24H30O6S/c1-15(25)20-13-19-11-17(7-10-22(19)30-23(20)27)12-21(26)18-8-5-16(6-9-18)14-31(28,29)24(2,3)4/h7,10-11,13,16,18H,5-6,8-9,12,14H2,1-4H3. The van der Waals surface area contributed by atoms with Gasteiger partial charge in [0.05, 0.1) is 10.5 Å². The van der Waals surface area contributed by atoms with Gasteiger partial charge in [-0.1, -0.05) is 6.07 Å². The van der Waals surface area contributed by atoms with Crippen molar-refractivity contribution in [3.63, 3.8) is 0 Å².